The minimum Gasteiger partial charge on any atom is -0.378 e. The molecule has 0 radical (unpaired) electrons. The summed E-state index contributed by atoms with van der Waals surface area (Å²) >= 11 is 1.67. The Morgan fingerprint density at radius 3 is 2.91 bits per heavy atom. The van der Waals surface area contributed by atoms with Gasteiger partial charge in [0.15, 0.2) is 5.13 Å². The molecule has 1 aromatic heterocycles. The molecular weight excluding hydrogens is 298 g/mol. The summed E-state index contributed by atoms with van der Waals surface area (Å²) < 4.78 is 6.48. The van der Waals surface area contributed by atoms with Gasteiger partial charge in [-0.3, -0.25) is 4.79 Å². The van der Waals surface area contributed by atoms with Gasteiger partial charge in [-0.25, -0.2) is 4.98 Å². The molecule has 1 aliphatic heterocycles. The highest BCUT2D eigenvalue weighted by molar-refractivity contribution is 7.22. The fourth-order valence-electron chi connectivity index (χ4n) is 2.46. The number of thiazole rings is 1. The van der Waals surface area contributed by atoms with Gasteiger partial charge in [0.05, 0.1) is 23.4 Å². The van der Waals surface area contributed by atoms with Gasteiger partial charge in [-0.15, -0.1) is 0 Å². The van der Waals surface area contributed by atoms with Crippen LogP contribution >= 0.6 is 11.3 Å². The summed E-state index contributed by atoms with van der Waals surface area (Å²) in [5.41, 5.74) is 1.82. The van der Waals surface area contributed by atoms with Crippen LogP contribution in [0.1, 0.15) is 20.3 Å². The molecule has 1 N–H and O–H groups in total. The van der Waals surface area contributed by atoms with E-state index in [-0.39, 0.29) is 5.91 Å². The van der Waals surface area contributed by atoms with E-state index in [4.69, 9.17) is 4.74 Å². The van der Waals surface area contributed by atoms with E-state index in [9.17, 15) is 4.79 Å². The third-order valence-corrected chi connectivity index (χ3v) is 4.62. The lowest BCUT2D eigenvalue weighted by Crippen LogP contribution is -2.36. The number of benzene rings is 1. The monoisotopic (exact) mass is 319 g/mol. The number of fused-ring (bicyclic) bond motifs is 1. The molecule has 0 aliphatic carbocycles. The lowest BCUT2D eigenvalue weighted by Gasteiger charge is -2.25. The summed E-state index contributed by atoms with van der Waals surface area (Å²) in [5.74, 6) is 0.423. The van der Waals surface area contributed by atoms with Crippen LogP contribution in [0.2, 0.25) is 0 Å². The van der Waals surface area contributed by atoms with Crippen molar-refractivity contribution in [2.24, 2.45) is 5.92 Å². The number of ether oxygens (including phenoxy) is 1. The fraction of sp³-hybridized carbons (Fsp3) is 0.500. The first-order valence-electron chi connectivity index (χ1n) is 7.65. The maximum Gasteiger partial charge on any atom is 0.224 e. The number of nitrogens with zero attached hydrogens (tertiary/aromatic N) is 2. The molecule has 1 aliphatic rings. The molecule has 1 saturated heterocycles. The standard InChI is InChI=1S/C16H21N3O2S/c1-11(2)9-15(20)17-12-3-4-13-14(10-12)22-16(18-13)19-5-7-21-8-6-19/h3-4,10-11H,5-9H2,1-2H3,(H,17,20). The number of carbonyl (C=O) groups excluding carboxylic acids is 1. The number of morpholine rings is 1. The normalized spacial score (nSPS) is 15.5. The molecular formula is C16H21N3O2S. The maximum atomic E-state index is 11.9. The Labute approximate surface area is 134 Å². The second kappa shape index (κ2) is 6.62. The predicted octanol–water partition coefficient (Wildman–Crippen LogP) is 3.12. The summed E-state index contributed by atoms with van der Waals surface area (Å²) in [5, 5.41) is 3.99. The van der Waals surface area contributed by atoms with E-state index >= 15 is 0 Å². The minimum absolute atomic E-state index is 0.0623. The van der Waals surface area contributed by atoms with Crippen LogP contribution in [0.4, 0.5) is 10.8 Å². The van der Waals surface area contributed by atoms with Crippen LogP contribution in [-0.4, -0.2) is 37.2 Å². The van der Waals surface area contributed by atoms with Crippen molar-refractivity contribution < 1.29 is 9.53 Å². The summed E-state index contributed by atoms with van der Waals surface area (Å²) in [4.78, 5) is 18.8. The number of rotatable bonds is 4. The van der Waals surface area contributed by atoms with Gasteiger partial charge >= 0.3 is 0 Å². The molecule has 0 bridgehead atoms. The topological polar surface area (TPSA) is 54.5 Å². The molecule has 1 amide bonds. The smallest absolute Gasteiger partial charge is 0.224 e. The van der Waals surface area contributed by atoms with E-state index in [1.165, 1.54) is 0 Å². The summed E-state index contributed by atoms with van der Waals surface area (Å²) in [6.45, 7) is 7.37. The molecule has 118 valence electrons. The van der Waals surface area contributed by atoms with Crippen molar-refractivity contribution in [1.82, 2.24) is 4.98 Å². The van der Waals surface area contributed by atoms with Gasteiger partial charge in [-0.2, -0.15) is 0 Å². The zero-order valence-corrected chi connectivity index (χ0v) is 13.8. The number of nitrogens with one attached hydrogen (secondary N) is 1. The van der Waals surface area contributed by atoms with E-state index in [1.54, 1.807) is 11.3 Å². The number of anilines is 2. The Morgan fingerprint density at radius 2 is 2.18 bits per heavy atom. The van der Waals surface area contributed by atoms with Crippen molar-refractivity contribution in [2.45, 2.75) is 20.3 Å². The van der Waals surface area contributed by atoms with Crippen LogP contribution in [0.15, 0.2) is 18.2 Å². The second-order valence-corrected chi connectivity index (χ2v) is 6.93. The van der Waals surface area contributed by atoms with Crippen molar-refractivity contribution in [3.63, 3.8) is 0 Å². The lowest BCUT2D eigenvalue weighted by molar-refractivity contribution is -0.116. The van der Waals surface area contributed by atoms with E-state index in [1.807, 2.05) is 32.0 Å². The number of carbonyl (C=O) groups is 1. The van der Waals surface area contributed by atoms with Crippen molar-refractivity contribution in [1.29, 1.82) is 0 Å². The number of hydrogen-bond acceptors (Lipinski definition) is 5. The highest BCUT2D eigenvalue weighted by Crippen LogP contribution is 2.31. The zero-order valence-electron chi connectivity index (χ0n) is 13.0. The molecule has 5 nitrogen and oxygen atoms in total. The molecule has 0 unspecified atom stereocenters. The van der Waals surface area contributed by atoms with Crippen LogP contribution in [0.25, 0.3) is 10.2 Å². The Balaban J connectivity index is 1.76. The lowest BCUT2D eigenvalue weighted by atomic mass is 10.1. The fourth-order valence-corrected chi connectivity index (χ4v) is 3.52. The predicted molar refractivity (Wildman–Crippen MR) is 90.7 cm³/mol. The highest BCUT2D eigenvalue weighted by atomic mass is 32.1. The first kappa shape index (κ1) is 15.2. The van der Waals surface area contributed by atoms with E-state index in [0.717, 1.165) is 47.3 Å². The minimum atomic E-state index is 0.0623. The molecule has 0 spiro atoms. The molecule has 2 heterocycles. The van der Waals surface area contributed by atoms with Gasteiger partial charge < -0.3 is 15.0 Å². The summed E-state index contributed by atoms with van der Waals surface area (Å²) in [6, 6.07) is 5.90. The average molecular weight is 319 g/mol. The zero-order chi connectivity index (χ0) is 15.5. The quantitative estimate of drug-likeness (QED) is 0.941. The van der Waals surface area contributed by atoms with Gasteiger partial charge in [0.2, 0.25) is 5.91 Å². The van der Waals surface area contributed by atoms with E-state index < -0.39 is 0 Å². The van der Waals surface area contributed by atoms with Gasteiger partial charge in [-0.1, -0.05) is 25.2 Å². The van der Waals surface area contributed by atoms with Crippen molar-refractivity contribution in [2.75, 3.05) is 36.5 Å². The van der Waals surface area contributed by atoms with Crippen LogP contribution in [0.5, 0.6) is 0 Å². The first-order valence-corrected chi connectivity index (χ1v) is 8.46. The van der Waals surface area contributed by atoms with E-state index in [0.29, 0.717) is 12.3 Å². The van der Waals surface area contributed by atoms with E-state index in [2.05, 4.69) is 15.2 Å². The largest absolute Gasteiger partial charge is 0.378 e. The van der Waals surface area contributed by atoms with Gasteiger partial charge in [-0.05, 0) is 24.1 Å². The maximum absolute atomic E-state index is 11.9. The Bertz CT molecular complexity index is 662. The van der Waals surface area contributed by atoms with Gasteiger partial charge in [0, 0.05) is 25.2 Å². The van der Waals surface area contributed by atoms with Gasteiger partial charge in [0.25, 0.3) is 0 Å². The van der Waals surface area contributed by atoms with Crippen molar-refractivity contribution >= 4 is 38.3 Å². The molecule has 0 saturated carbocycles. The molecule has 1 aromatic carbocycles. The van der Waals surface area contributed by atoms with Crippen LogP contribution in [0.3, 0.4) is 0 Å². The van der Waals surface area contributed by atoms with Crippen LogP contribution in [-0.2, 0) is 9.53 Å². The molecule has 6 heteroatoms. The molecule has 3 rings (SSSR count). The Kier molecular flexibility index (Phi) is 4.59. The molecule has 22 heavy (non-hydrogen) atoms. The van der Waals surface area contributed by atoms with Crippen molar-refractivity contribution in [3.05, 3.63) is 18.2 Å². The summed E-state index contributed by atoms with van der Waals surface area (Å²) in [6.07, 6.45) is 0.541. The number of aromatic nitrogens is 1. The third-order valence-electron chi connectivity index (χ3n) is 3.54. The number of amides is 1. The van der Waals surface area contributed by atoms with Crippen LogP contribution < -0.4 is 10.2 Å². The molecule has 2 aromatic rings. The highest BCUT2D eigenvalue weighted by Gasteiger charge is 2.15. The second-order valence-electron chi connectivity index (χ2n) is 5.92. The van der Waals surface area contributed by atoms with Gasteiger partial charge in [0.1, 0.15) is 0 Å². The summed E-state index contributed by atoms with van der Waals surface area (Å²) in [7, 11) is 0. The third kappa shape index (κ3) is 3.56. The SMILES string of the molecule is CC(C)CC(=O)Nc1ccc2nc(N3CCOCC3)sc2c1. The Hall–Kier alpha value is -1.66. The first-order chi connectivity index (χ1) is 10.6. The van der Waals surface area contributed by atoms with Crippen LogP contribution in [0, 0.1) is 5.92 Å². The Morgan fingerprint density at radius 1 is 1.41 bits per heavy atom. The average Bonchev–Trinajstić information content (AvgIpc) is 2.90. The number of hydrogen-bond donors (Lipinski definition) is 1. The molecule has 1 fully saturated rings. The molecule has 0 atom stereocenters. The van der Waals surface area contributed by atoms with Crippen molar-refractivity contribution in [3.8, 4) is 0 Å².